The molecule has 0 fully saturated rings. The number of likely N-dealkylation sites (N-methyl/N-ethyl adjacent to an activating group) is 1. The maximum Gasteiger partial charge on any atom is 0.387 e. The van der Waals surface area contributed by atoms with E-state index in [1.165, 1.54) is 29.2 Å². The Labute approximate surface area is 160 Å². The lowest BCUT2D eigenvalue weighted by Gasteiger charge is -2.18. The van der Waals surface area contributed by atoms with E-state index in [0.717, 1.165) is 10.5 Å². The van der Waals surface area contributed by atoms with Crippen molar-refractivity contribution in [2.24, 2.45) is 0 Å². The lowest BCUT2D eigenvalue weighted by molar-refractivity contribution is -0.129. The van der Waals surface area contributed by atoms with Gasteiger partial charge in [0.2, 0.25) is 5.91 Å². The number of nitrogens with one attached hydrogen (secondary N) is 1. The highest BCUT2D eigenvalue weighted by Gasteiger charge is 2.13. The van der Waals surface area contributed by atoms with Crippen molar-refractivity contribution in [1.29, 1.82) is 0 Å². The highest BCUT2D eigenvalue weighted by Crippen LogP contribution is 2.16. The molecule has 2 amide bonds. The molecule has 0 aromatic heterocycles. The second kappa shape index (κ2) is 9.91. The van der Waals surface area contributed by atoms with E-state index >= 15 is 0 Å². The number of nitrogens with zero attached hydrogens (tertiary/aromatic N) is 1. The summed E-state index contributed by atoms with van der Waals surface area (Å²) in [4.78, 5) is 27.0. The van der Waals surface area contributed by atoms with Gasteiger partial charge in [0.1, 0.15) is 5.75 Å². The quantitative estimate of drug-likeness (QED) is 0.698. The molecule has 5 nitrogen and oxygen atoms in total. The third-order valence-electron chi connectivity index (χ3n) is 3.73. The normalized spacial score (nSPS) is 10.6. The van der Waals surface area contributed by atoms with Gasteiger partial charge in [-0.25, -0.2) is 0 Å². The van der Waals surface area contributed by atoms with Crippen LogP contribution in [0.4, 0.5) is 8.78 Å². The maximum atomic E-state index is 12.2. The van der Waals surface area contributed by atoms with Crippen LogP contribution in [0, 0.1) is 0 Å². The number of alkyl halides is 2. The third kappa shape index (κ3) is 6.56. The molecule has 27 heavy (non-hydrogen) atoms. The summed E-state index contributed by atoms with van der Waals surface area (Å²) in [7, 11) is 1.65. The van der Waals surface area contributed by atoms with Crippen molar-refractivity contribution in [3.63, 3.8) is 0 Å². The SMILES string of the molecule is CSc1ccc(CN(C)C(=O)CNC(=O)c2cccc(OC(F)F)c2)cc1. The number of rotatable bonds is 8. The minimum atomic E-state index is -2.97. The van der Waals surface area contributed by atoms with E-state index in [-0.39, 0.29) is 23.8 Å². The first-order valence-electron chi connectivity index (χ1n) is 8.09. The first-order chi connectivity index (χ1) is 12.9. The van der Waals surface area contributed by atoms with Crippen molar-refractivity contribution < 1.29 is 23.1 Å². The fourth-order valence-electron chi connectivity index (χ4n) is 2.30. The van der Waals surface area contributed by atoms with Gasteiger partial charge in [0.15, 0.2) is 0 Å². The molecule has 2 aromatic carbocycles. The fraction of sp³-hybridized carbons (Fsp3) is 0.263. The molecule has 0 aliphatic heterocycles. The standard InChI is InChI=1S/C19H20F2N2O3S/c1-23(12-13-6-8-16(27-2)9-7-13)17(24)11-22-18(25)14-4-3-5-15(10-14)26-19(20)21/h3-10,19H,11-12H2,1-2H3,(H,22,25). The molecule has 2 rings (SSSR count). The van der Waals surface area contributed by atoms with Gasteiger partial charge in [-0.2, -0.15) is 8.78 Å². The molecule has 0 atom stereocenters. The number of halogens is 2. The largest absolute Gasteiger partial charge is 0.435 e. The van der Waals surface area contributed by atoms with Crippen molar-refractivity contribution in [2.75, 3.05) is 19.8 Å². The predicted molar refractivity (Wildman–Crippen MR) is 100 cm³/mol. The number of carbonyl (C=O) groups is 2. The molecular weight excluding hydrogens is 374 g/mol. The van der Waals surface area contributed by atoms with Crippen LogP contribution < -0.4 is 10.1 Å². The number of thioether (sulfide) groups is 1. The Balaban J connectivity index is 1.87. The fourth-order valence-corrected chi connectivity index (χ4v) is 2.71. The first-order valence-corrected chi connectivity index (χ1v) is 9.31. The lowest BCUT2D eigenvalue weighted by Crippen LogP contribution is -2.37. The van der Waals surface area contributed by atoms with E-state index in [4.69, 9.17) is 0 Å². The average molecular weight is 394 g/mol. The van der Waals surface area contributed by atoms with Gasteiger partial charge in [0.25, 0.3) is 5.91 Å². The zero-order valence-electron chi connectivity index (χ0n) is 14.9. The Morgan fingerprint density at radius 1 is 1.19 bits per heavy atom. The zero-order chi connectivity index (χ0) is 19.8. The molecule has 0 saturated carbocycles. The molecule has 144 valence electrons. The highest BCUT2D eigenvalue weighted by molar-refractivity contribution is 7.98. The molecule has 1 N–H and O–H groups in total. The number of benzene rings is 2. The number of hydrogen-bond donors (Lipinski definition) is 1. The van der Waals surface area contributed by atoms with E-state index in [9.17, 15) is 18.4 Å². The summed E-state index contributed by atoms with van der Waals surface area (Å²) in [6.45, 7) is -2.75. The summed E-state index contributed by atoms with van der Waals surface area (Å²) in [5, 5.41) is 2.49. The van der Waals surface area contributed by atoms with E-state index in [2.05, 4.69) is 10.1 Å². The smallest absolute Gasteiger partial charge is 0.387 e. The van der Waals surface area contributed by atoms with Gasteiger partial charge in [-0.15, -0.1) is 11.8 Å². The summed E-state index contributed by atoms with van der Waals surface area (Å²) in [6, 6.07) is 13.3. The molecule has 0 aliphatic rings. The summed E-state index contributed by atoms with van der Waals surface area (Å²) < 4.78 is 28.7. The van der Waals surface area contributed by atoms with Gasteiger partial charge < -0.3 is 15.0 Å². The molecule has 0 heterocycles. The van der Waals surface area contributed by atoms with E-state index in [1.54, 1.807) is 18.8 Å². The zero-order valence-corrected chi connectivity index (χ0v) is 15.8. The van der Waals surface area contributed by atoms with Crippen LogP contribution in [0.25, 0.3) is 0 Å². The van der Waals surface area contributed by atoms with Crippen LogP contribution in [-0.4, -0.2) is 43.2 Å². The number of hydrogen-bond acceptors (Lipinski definition) is 4. The third-order valence-corrected chi connectivity index (χ3v) is 4.47. The Bertz CT molecular complexity index is 785. The maximum absolute atomic E-state index is 12.2. The molecular formula is C19H20F2N2O3S. The second-order valence-electron chi connectivity index (χ2n) is 5.69. The van der Waals surface area contributed by atoms with Crippen LogP contribution in [0.1, 0.15) is 15.9 Å². The van der Waals surface area contributed by atoms with Crippen LogP contribution in [0.3, 0.4) is 0 Å². The molecule has 0 aliphatic carbocycles. The Morgan fingerprint density at radius 2 is 1.89 bits per heavy atom. The van der Waals surface area contributed by atoms with Crippen molar-refractivity contribution in [3.8, 4) is 5.75 Å². The van der Waals surface area contributed by atoms with Crippen LogP contribution in [0.5, 0.6) is 5.75 Å². The topological polar surface area (TPSA) is 58.6 Å². The molecule has 0 saturated heterocycles. The lowest BCUT2D eigenvalue weighted by atomic mass is 10.2. The molecule has 0 bridgehead atoms. The van der Waals surface area contributed by atoms with Crippen LogP contribution in [-0.2, 0) is 11.3 Å². The Hall–Kier alpha value is -2.61. The van der Waals surface area contributed by atoms with E-state index in [1.807, 2.05) is 30.5 Å². The van der Waals surface area contributed by atoms with Crippen LogP contribution >= 0.6 is 11.8 Å². The average Bonchev–Trinajstić information content (AvgIpc) is 2.66. The molecule has 8 heteroatoms. The highest BCUT2D eigenvalue weighted by atomic mass is 32.2. The van der Waals surface area contributed by atoms with Crippen LogP contribution in [0.2, 0.25) is 0 Å². The minimum Gasteiger partial charge on any atom is -0.435 e. The van der Waals surface area contributed by atoms with Crippen molar-refractivity contribution in [2.45, 2.75) is 18.1 Å². The van der Waals surface area contributed by atoms with Crippen molar-refractivity contribution in [1.82, 2.24) is 10.2 Å². The summed E-state index contributed by atoms with van der Waals surface area (Å²) in [6.07, 6.45) is 1.99. The van der Waals surface area contributed by atoms with Gasteiger partial charge in [0.05, 0.1) is 6.54 Å². The van der Waals surface area contributed by atoms with E-state index < -0.39 is 12.5 Å². The van der Waals surface area contributed by atoms with E-state index in [0.29, 0.717) is 6.54 Å². The molecule has 0 unspecified atom stereocenters. The Morgan fingerprint density at radius 3 is 2.52 bits per heavy atom. The summed E-state index contributed by atoms with van der Waals surface area (Å²) in [5.41, 5.74) is 1.11. The van der Waals surface area contributed by atoms with Gasteiger partial charge in [-0.3, -0.25) is 9.59 Å². The molecule has 0 spiro atoms. The second-order valence-corrected chi connectivity index (χ2v) is 6.57. The van der Waals surface area contributed by atoms with Gasteiger partial charge in [-0.1, -0.05) is 18.2 Å². The van der Waals surface area contributed by atoms with Gasteiger partial charge >= 0.3 is 6.61 Å². The predicted octanol–water partition coefficient (Wildman–Crippen LogP) is 3.40. The first kappa shape index (κ1) is 20.7. The summed E-state index contributed by atoms with van der Waals surface area (Å²) >= 11 is 1.64. The van der Waals surface area contributed by atoms with Gasteiger partial charge in [0, 0.05) is 24.1 Å². The molecule has 0 radical (unpaired) electrons. The van der Waals surface area contributed by atoms with Crippen molar-refractivity contribution >= 4 is 23.6 Å². The number of carbonyl (C=O) groups excluding carboxylic acids is 2. The number of ether oxygens (including phenoxy) is 1. The Kier molecular flexibility index (Phi) is 7.60. The molecule has 2 aromatic rings. The minimum absolute atomic E-state index is 0.116. The number of amides is 2. The monoisotopic (exact) mass is 394 g/mol. The van der Waals surface area contributed by atoms with Gasteiger partial charge in [-0.05, 0) is 42.2 Å². The van der Waals surface area contributed by atoms with Crippen molar-refractivity contribution in [3.05, 3.63) is 59.7 Å². The summed E-state index contributed by atoms with van der Waals surface area (Å²) in [5.74, 6) is -0.923. The van der Waals surface area contributed by atoms with Crippen LogP contribution in [0.15, 0.2) is 53.4 Å².